The van der Waals surface area contributed by atoms with Crippen LogP contribution in [0, 0.1) is 6.92 Å². The van der Waals surface area contributed by atoms with Gasteiger partial charge in [-0.1, -0.05) is 0 Å². The van der Waals surface area contributed by atoms with Gasteiger partial charge >= 0.3 is 5.97 Å². The van der Waals surface area contributed by atoms with Crippen LogP contribution in [0.25, 0.3) is 0 Å². The topological polar surface area (TPSA) is 59.4 Å². The summed E-state index contributed by atoms with van der Waals surface area (Å²) < 4.78 is 4.79. The van der Waals surface area contributed by atoms with Crippen molar-refractivity contribution < 1.29 is 14.6 Å². The first-order valence-corrected chi connectivity index (χ1v) is 4.43. The number of pyridine rings is 1. The molecule has 0 aromatic carbocycles. The Morgan fingerprint density at radius 3 is 2.86 bits per heavy atom. The fourth-order valence-electron chi connectivity index (χ4n) is 1.16. The molecule has 4 heteroatoms. The number of carbonyl (C=O) groups excluding carboxylic acids is 1. The number of aryl methyl sites for hydroxylation is 1. The first kappa shape index (κ1) is 10.5. The summed E-state index contributed by atoms with van der Waals surface area (Å²) in [6.45, 7) is 3.89. The highest BCUT2D eigenvalue weighted by atomic mass is 16.5. The molecule has 4 nitrogen and oxygen atoms in total. The van der Waals surface area contributed by atoms with Crippen LogP contribution in [-0.2, 0) is 16.0 Å². The molecule has 1 aromatic rings. The van der Waals surface area contributed by atoms with E-state index in [0.29, 0.717) is 12.2 Å². The second kappa shape index (κ2) is 4.60. The quantitative estimate of drug-likeness (QED) is 0.736. The number of aromatic nitrogens is 1. The van der Waals surface area contributed by atoms with Crippen molar-refractivity contribution in [3.8, 4) is 5.75 Å². The van der Waals surface area contributed by atoms with Gasteiger partial charge in [0.2, 0.25) is 0 Å². The Morgan fingerprint density at radius 1 is 1.57 bits per heavy atom. The average molecular weight is 195 g/mol. The molecule has 0 atom stereocenters. The van der Waals surface area contributed by atoms with Crippen molar-refractivity contribution in [2.24, 2.45) is 0 Å². The third-order valence-corrected chi connectivity index (χ3v) is 1.88. The zero-order chi connectivity index (χ0) is 10.6. The van der Waals surface area contributed by atoms with Crippen LogP contribution in [0.4, 0.5) is 0 Å². The molecule has 0 bridgehead atoms. The predicted molar refractivity (Wildman–Crippen MR) is 51.0 cm³/mol. The number of hydrogen-bond acceptors (Lipinski definition) is 4. The molecule has 0 saturated heterocycles. The molecule has 0 aliphatic carbocycles. The first-order valence-electron chi connectivity index (χ1n) is 4.43. The third kappa shape index (κ3) is 2.45. The molecule has 1 heterocycles. The minimum absolute atomic E-state index is 0.0399. The van der Waals surface area contributed by atoms with E-state index in [4.69, 9.17) is 4.74 Å². The number of rotatable bonds is 3. The Labute approximate surface area is 82.5 Å². The van der Waals surface area contributed by atoms with Crippen LogP contribution in [0.1, 0.15) is 18.1 Å². The van der Waals surface area contributed by atoms with Crippen molar-refractivity contribution in [3.63, 3.8) is 0 Å². The van der Waals surface area contributed by atoms with Gasteiger partial charge < -0.3 is 9.84 Å². The van der Waals surface area contributed by atoms with E-state index in [1.807, 2.05) is 0 Å². The molecule has 0 unspecified atom stereocenters. The molecule has 0 aliphatic rings. The van der Waals surface area contributed by atoms with Crippen LogP contribution < -0.4 is 0 Å². The van der Waals surface area contributed by atoms with E-state index in [1.54, 1.807) is 20.0 Å². The lowest BCUT2D eigenvalue weighted by atomic mass is 10.1. The lowest BCUT2D eigenvalue weighted by molar-refractivity contribution is -0.142. The van der Waals surface area contributed by atoms with E-state index in [2.05, 4.69) is 4.98 Å². The second-order valence-electron chi connectivity index (χ2n) is 2.94. The molecule has 14 heavy (non-hydrogen) atoms. The van der Waals surface area contributed by atoms with Gasteiger partial charge in [-0.25, -0.2) is 0 Å². The standard InChI is InChI=1S/C10H13NO3/c1-3-14-10(13)4-8-7(2)5-11-6-9(8)12/h5-6,12H,3-4H2,1-2H3. The van der Waals surface area contributed by atoms with E-state index in [0.717, 1.165) is 5.56 Å². The summed E-state index contributed by atoms with van der Waals surface area (Å²) in [7, 11) is 0. The summed E-state index contributed by atoms with van der Waals surface area (Å²) >= 11 is 0. The highest BCUT2D eigenvalue weighted by molar-refractivity contribution is 5.73. The first-order chi connectivity index (χ1) is 6.65. The second-order valence-corrected chi connectivity index (χ2v) is 2.94. The minimum Gasteiger partial charge on any atom is -0.506 e. The molecule has 0 saturated carbocycles. The van der Waals surface area contributed by atoms with Gasteiger partial charge in [0, 0.05) is 11.8 Å². The van der Waals surface area contributed by atoms with Crippen molar-refractivity contribution in [1.29, 1.82) is 0 Å². The zero-order valence-corrected chi connectivity index (χ0v) is 8.28. The fraction of sp³-hybridized carbons (Fsp3) is 0.400. The Morgan fingerprint density at radius 2 is 2.29 bits per heavy atom. The number of hydrogen-bond donors (Lipinski definition) is 1. The Bertz CT molecular complexity index is 316. The van der Waals surface area contributed by atoms with Crippen LogP contribution >= 0.6 is 0 Å². The average Bonchev–Trinajstić information content (AvgIpc) is 2.12. The predicted octanol–water partition coefficient (Wildman–Crippen LogP) is 1.20. The van der Waals surface area contributed by atoms with Gasteiger partial charge in [0.25, 0.3) is 0 Å². The summed E-state index contributed by atoms with van der Waals surface area (Å²) in [5.41, 5.74) is 1.37. The molecule has 1 N–H and O–H groups in total. The lowest BCUT2D eigenvalue weighted by Crippen LogP contribution is -2.08. The monoisotopic (exact) mass is 195 g/mol. The highest BCUT2D eigenvalue weighted by Gasteiger charge is 2.10. The SMILES string of the molecule is CCOC(=O)Cc1c(C)cncc1O. The molecule has 0 radical (unpaired) electrons. The van der Waals surface area contributed by atoms with E-state index in [9.17, 15) is 9.90 Å². The smallest absolute Gasteiger partial charge is 0.310 e. The number of ether oxygens (including phenoxy) is 1. The van der Waals surface area contributed by atoms with Gasteiger partial charge in [-0.3, -0.25) is 9.78 Å². The maximum absolute atomic E-state index is 11.2. The van der Waals surface area contributed by atoms with E-state index in [1.165, 1.54) is 6.20 Å². The molecule has 1 rings (SSSR count). The summed E-state index contributed by atoms with van der Waals surface area (Å²) in [6.07, 6.45) is 3.02. The van der Waals surface area contributed by atoms with Crippen LogP contribution in [0.15, 0.2) is 12.4 Å². The van der Waals surface area contributed by atoms with Gasteiger partial charge in [0.05, 0.1) is 19.2 Å². The molecule has 0 spiro atoms. The van der Waals surface area contributed by atoms with Crippen LogP contribution in [0.2, 0.25) is 0 Å². The summed E-state index contributed by atoms with van der Waals surface area (Å²) in [5, 5.41) is 9.44. The largest absolute Gasteiger partial charge is 0.506 e. The third-order valence-electron chi connectivity index (χ3n) is 1.88. The Kier molecular flexibility index (Phi) is 3.45. The van der Waals surface area contributed by atoms with Gasteiger partial charge in [-0.2, -0.15) is 0 Å². The molecule has 1 aromatic heterocycles. The van der Waals surface area contributed by atoms with Gasteiger partial charge in [-0.05, 0) is 19.4 Å². The highest BCUT2D eigenvalue weighted by Crippen LogP contribution is 2.19. The van der Waals surface area contributed by atoms with Gasteiger partial charge in [-0.15, -0.1) is 0 Å². The van der Waals surface area contributed by atoms with E-state index < -0.39 is 0 Å². The Hall–Kier alpha value is -1.58. The molecule has 0 aliphatic heterocycles. The van der Waals surface area contributed by atoms with Crippen molar-refractivity contribution in [3.05, 3.63) is 23.5 Å². The molecule has 0 amide bonds. The van der Waals surface area contributed by atoms with E-state index >= 15 is 0 Å². The van der Waals surface area contributed by atoms with Gasteiger partial charge in [0.1, 0.15) is 5.75 Å². The number of esters is 1. The maximum Gasteiger partial charge on any atom is 0.310 e. The summed E-state index contributed by atoms with van der Waals surface area (Å²) in [6, 6.07) is 0. The normalized spacial score (nSPS) is 9.86. The number of nitrogens with zero attached hydrogens (tertiary/aromatic N) is 1. The molecular formula is C10H13NO3. The molecular weight excluding hydrogens is 182 g/mol. The summed E-state index contributed by atoms with van der Waals surface area (Å²) in [5.74, 6) is -0.296. The van der Waals surface area contributed by atoms with Crippen molar-refractivity contribution in [2.45, 2.75) is 20.3 Å². The van der Waals surface area contributed by atoms with Gasteiger partial charge in [0.15, 0.2) is 0 Å². The van der Waals surface area contributed by atoms with Crippen LogP contribution in [0.5, 0.6) is 5.75 Å². The molecule has 76 valence electrons. The van der Waals surface area contributed by atoms with Crippen LogP contribution in [-0.4, -0.2) is 22.7 Å². The fourth-order valence-corrected chi connectivity index (χ4v) is 1.16. The Balaban J connectivity index is 2.80. The van der Waals surface area contributed by atoms with Crippen molar-refractivity contribution >= 4 is 5.97 Å². The minimum atomic E-state index is -0.336. The van der Waals surface area contributed by atoms with Crippen LogP contribution in [0.3, 0.4) is 0 Å². The lowest BCUT2D eigenvalue weighted by Gasteiger charge is -2.06. The van der Waals surface area contributed by atoms with Crippen molar-refractivity contribution in [1.82, 2.24) is 4.98 Å². The van der Waals surface area contributed by atoms with E-state index in [-0.39, 0.29) is 18.1 Å². The number of carbonyl (C=O) groups is 1. The molecule has 0 fully saturated rings. The summed E-state index contributed by atoms with van der Waals surface area (Å²) in [4.78, 5) is 15.0. The maximum atomic E-state index is 11.2. The zero-order valence-electron chi connectivity index (χ0n) is 8.28. The van der Waals surface area contributed by atoms with Crippen molar-refractivity contribution in [2.75, 3.05) is 6.61 Å². The number of aromatic hydroxyl groups is 1.